The molecule has 0 aliphatic heterocycles. The van der Waals surface area contributed by atoms with Gasteiger partial charge in [-0.05, 0) is 43.7 Å². The van der Waals surface area contributed by atoms with Crippen LogP contribution in [0.5, 0.6) is 5.75 Å². The molecule has 17 heavy (non-hydrogen) atoms. The Morgan fingerprint density at radius 2 is 2.06 bits per heavy atom. The van der Waals surface area contributed by atoms with Gasteiger partial charge in [0, 0.05) is 12.1 Å². The largest absolute Gasteiger partial charge is 0.494 e. The number of ether oxygens (including phenoxy) is 1. The third-order valence-electron chi connectivity index (χ3n) is 2.39. The van der Waals surface area contributed by atoms with Gasteiger partial charge in [-0.2, -0.15) is 0 Å². The number of amides is 1. The second-order valence-electron chi connectivity index (χ2n) is 4.05. The molecule has 4 nitrogen and oxygen atoms in total. The maximum atomic E-state index is 11.6. The number of nitrogens with two attached hydrogens (primary N) is 1. The smallest absolute Gasteiger partial charge is 0.224 e. The molecule has 1 atom stereocenters. The van der Waals surface area contributed by atoms with E-state index in [0.29, 0.717) is 19.6 Å². The second-order valence-corrected chi connectivity index (χ2v) is 4.05. The molecule has 0 bridgehead atoms. The number of benzene rings is 1. The van der Waals surface area contributed by atoms with Crippen LogP contribution in [0.2, 0.25) is 0 Å². The molecule has 94 valence electrons. The van der Waals surface area contributed by atoms with E-state index in [1.807, 2.05) is 38.1 Å². The van der Waals surface area contributed by atoms with Crippen molar-refractivity contribution in [2.75, 3.05) is 18.5 Å². The standard InChI is InChI=1S/C13H20N2O2/c1-3-17-12-6-4-11(5-7-12)15-13(16)8-10(2)9-14/h4-7,10H,3,8-9,14H2,1-2H3,(H,15,16). The number of carbonyl (C=O) groups excluding carboxylic acids is 1. The zero-order valence-corrected chi connectivity index (χ0v) is 10.4. The van der Waals surface area contributed by atoms with Gasteiger partial charge < -0.3 is 15.8 Å². The van der Waals surface area contributed by atoms with Gasteiger partial charge >= 0.3 is 0 Å². The van der Waals surface area contributed by atoms with Gasteiger partial charge in [0.05, 0.1) is 6.61 Å². The van der Waals surface area contributed by atoms with Crippen molar-refractivity contribution in [2.24, 2.45) is 11.7 Å². The Balaban J connectivity index is 2.48. The van der Waals surface area contributed by atoms with Gasteiger partial charge in [0.2, 0.25) is 5.91 Å². The van der Waals surface area contributed by atoms with Gasteiger partial charge in [-0.1, -0.05) is 6.92 Å². The number of carbonyl (C=O) groups is 1. The highest BCUT2D eigenvalue weighted by Crippen LogP contribution is 2.16. The highest BCUT2D eigenvalue weighted by Gasteiger charge is 2.07. The molecule has 4 heteroatoms. The third kappa shape index (κ3) is 4.87. The second kappa shape index (κ2) is 6.91. The SMILES string of the molecule is CCOc1ccc(NC(=O)CC(C)CN)cc1. The fourth-order valence-electron chi connectivity index (χ4n) is 1.41. The number of hydrogen-bond donors (Lipinski definition) is 2. The minimum absolute atomic E-state index is 0.00731. The molecule has 1 aromatic carbocycles. The van der Waals surface area contributed by atoms with Crippen LogP contribution in [0.4, 0.5) is 5.69 Å². The van der Waals surface area contributed by atoms with E-state index in [9.17, 15) is 4.79 Å². The molecule has 0 radical (unpaired) electrons. The first-order chi connectivity index (χ1) is 8.15. The predicted molar refractivity (Wildman–Crippen MR) is 69.1 cm³/mol. The fourth-order valence-corrected chi connectivity index (χ4v) is 1.41. The molecule has 1 aromatic rings. The maximum absolute atomic E-state index is 11.6. The van der Waals surface area contributed by atoms with Crippen LogP contribution in [0.15, 0.2) is 24.3 Å². The summed E-state index contributed by atoms with van der Waals surface area (Å²) in [4.78, 5) is 11.6. The molecule has 1 amide bonds. The third-order valence-corrected chi connectivity index (χ3v) is 2.39. The zero-order chi connectivity index (χ0) is 12.7. The molecular formula is C13H20N2O2. The maximum Gasteiger partial charge on any atom is 0.224 e. The first-order valence-electron chi connectivity index (χ1n) is 5.88. The summed E-state index contributed by atoms with van der Waals surface area (Å²) in [6.45, 7) is 5.05. The molecule has 1 rings (SSSR count). The Kier molecular flexibility index (Phi) is 5.49. The molecule has 3 N–H and O–H groups in total. The summed E-state index contributed by atoms with van der Waals surface area (Å²) in [7, 11) is 0. The van der Waals surface area contributed by atoms with Crippen LogP contribution in [-0.2, 0) is 4.79 Å². The van der Waals surface area contributed by atoms with Crippen molar-refractivity contribution in [1.82, 2.24) is 0 Å². The lowest BCUT2D eigenvalue weighted by molar-refractivity contribution is -0.116. The Morgan fingerprint density at radius 1 is 1.41 bits per heavy atom. The Labute approximate surface area is 102 Å². The Morgan fingerprint density at radius 3 is 2.59 bits per heavy atom. The van der Waals surface area contributed by atoms with E-state index in [0.717, 1.165) is 11.4 Å². The average Bonchev–Trinajstić information content (AvgIpc) is 2.31. The molecule has 0 spiro atoms. The molecule has 0 aliphatic rings. The van der Waals surface area contributed by atoms with Gasteiger partial charge in [-0.3, -0.25) is 4.79 Å². The lowest BCUT2D eigenvalue weighted by atomic mass is 10.1. The van der Waals surface area contributed by atoms with Crippen molar-refractivity contribution in [3.63, 3.8) is 0 Å². The first kappa shape index (κ1) is 13.5. The fraction of sp³-hybridized carbons (Fsp3) is 0.462. The number of hydrogen-bond acceptors (Lipinski definition) is 3. The quantitative estimate of drug-likeness (QED) is 0.794. The van der Waals surface area contributed by atoms with E-state index in [4.69, 9.17) is 10.5 Å². The first-order valence-corrected chi connectivity index (χ1v) is 5.88. The molecule has 1 unspecified atom stereocenters. The minimum Gasteiger partial charge on any atom is -0.494 e. The highest BCUT2D eigenvalue weighted by molar-refractivity contribution is 5.90. The summed E-state index contributed by atoms with van der Waals surface area (Å²) >= 11 is 0. The van der Waals surface area contributed by atoms with Crippen molar-refractivity contribution < 1.29 is 9.53 Å². The summed E-state index contributed by atoms with van der Waals surface area (Å²) in [5.74, 6) is 1.01. The van der Waals surface area contributed by atoms with E-state index in [1.165, 1.54) is 0 Å². The Bertz CT molecular complexity index is 349. The molecular weight excluding hydrogens is 216 g/mol. The van der Waals surface area contributed by atoms with E-state index < -0.39 is 0 Å². The van der Waals surface area contributed by atoms with Gasteiger partial charge in [0.25, 0.3) is 0 Å². The molecule has 0 heterocycles. The molecule has 0 aromatic heterocycles. The molecule has 0 aliphatic carbocycles. The molecule has 0 fully saturated rings. The van der Waals surface area contributed by atoms with E-state index in [-0.39, 0.29) is 11.8 Å². The number of rotatable bonds is 6. The van der Waals surface area contributed by atoms with Crippen LogP contribution in [0.1, 0.15) is 20.3 Å². The van der Waals surface area contributed by atoms with Crippen molar-refractivity contribution in [3.05, 3.63) is 24.3 Å². The highest BCUT2D eigenvalue weighted by atomic mass is 16.5. The van der Waals surface area contributed by atoms with Crippen molar-refractivity contribution >= 4 is 11.6 Å². The van der Waals surface area contributed by atoms with Crippen LogP contribution in [0, 0.1) is 5.92 Å². The molecule has 0 saturated carbocycles. The van der Waals surface area contributed by atoms with Gasteiger partial charge in [0.15, 0.2) is 0 Å². The predicted octanol–water partition coefficient (Wildman–Crippen LogP) is 2.01. The van der Waals surface area contributed by atoms with Crippen LogP contribution in [-0.4, -0.2) is 19.1 Å². The van der Waals surface area contributed by atoms with Crippen LogP contribution in [0.25, 0.3) is 0 Å². The van der Waals surface area contributed by atoms with Gasteiger partial charge in [0.1, 0.15) is 5.75 Å². The summed E-state index contributed by atoms with van der Waals surface area (Å²) < 4.78 is 5.32. The monoisotopic (exact) mass is 236 g/mol. The lowest BCUT2D eigenvalue weighted by Crippen LogP contribution is -2.19. The van der Waals surface area contributed by atoms with Crippen molar-refractivity contribution in [3.8, 4) is 5.75 Å². The summed E-state index contributed by atoms with van der Waals surface area (Å²) in [6.07, 6.45) is 0.448. The number of anilines is 1. The summed E-state index contributed by atoms with van der Waals surface area (Å²) in [5, 5.41) is 2.83. The topological polar surface area (TPSA) is 64.3 Å². The normalized spacial score (nSPS) is 11.9. The van der Waals surface area contributed by atoms with Crippen LogP contribution >= 0.6 is 0 Å². The van der Waals surface area contributed by atoms with E-state index in [2.05, 4.69) is 5.32 Å². The summed E-state index contributed by atoms with van der Waals surface area (Å²) in [6, 6.07) is 7.34. The summed E-state index contributed by atoms with van der Waals surface area (Å²) in [5.41, 5.74) is 6.25. The Hall–Kier alpha value is -1.55. The van der Waals surface area contributed by atoms with Crippen LogP contribution < -0.4 is 15.8 Å². The van der Waals surface area contributed by atoms with Crippen molar-refractivity contribution in [2.45, 2.75) is 20.3 Å². The van der Waals surface area contributed by atoms with Gasteiger partial charge in [-0.25, -0.2) is 0 Å². The average molecular weight is 236 g/mol. The number of nitrogens with one attached hydrogen (secondary N) is 1. The van der Waals surface area contributed by atoms with Crippen LogP contribution in [0.3, 0.4) is 0 Å². The molecule has 0 saturated heterocycles. The van der Waals surface area contributed by atoms with E-state index >= 15 is 0 Å². The minimum atomic E-state index is -0.00731. The van der Waals surface area contributed by atoms with E-state index in [1.54, 1.807) is 0 Å². The zero-order valence-electron chi connectivity index (χ0n) is 10.4. The van der Waals surface area contributed by atoms with Crippen molar-refractivity contribution in [1.29, 1.82) is 0 Å². The lowest BCUT2D eigenvalue weighted by Gasteiger charge is -2.09. The van der Waals surface area contributed by atoms with Gasteiger partial charge in [-0.15, -0.1) is 0 Å².